The first-order valence-electron chi connectivity index (χ1n) is 10.1. The van der Waals surface area contributed by atoms with E-state index >= 15 is 0 Å². The molecule has 0 unspecified atom stereocenters. The molecule has 5 heteroatoms. The van der Waals surface area contributed by atoms with Gasteiger partial charge in [-0.15, -0.1) is 0 Å². The number of rotatable bonds is 6. The lowest BCUT2D eigenvalue weighted by Gasteiger charge is -2.41. The third-order valence-electron chi connectivity index (χ3n) is 6.70. The summed E-state index contributed by atoms with van der Waals surface area (Å²) in [6, 6.07) is 18.5. The number of hydrogen-bond acceptors (Lipinski definition) is 3. The largest absolute Gasteiger partial charge is 0.468 e. The van der Waals surface area contributed by atoms with Gasteiger partial charge in [-0.2, -0.15) is 0 Å². The Morgan fingerprint density at radius 3 is 2.21 bits per heavy atom. The number of hydrogen-bond donors (Lipinski definition) is 0. The van der Waals surface area contributed by atoms with E-state index in [0.29, 0.717) is 12.8 Å². The van der Waals surface area contributed by atoms with Crippen LogP contribution in [0.2, 0.25) is 18.1 Å². The molecule has 1 fully saturated rings. The van der Waals surface area contributed by atoms with Gasteiger partial charge in [0.2, 0.25) is 0 Å². The smallest absolute Gasteiger partial charge is 0.315 e. The molecule has 0 aliphatic heterocycles. The third kappa shape index (κ3) is 3.93. The molecule has 1 aliphatic rings. The first kappa shape index (κ1) is 22.5. The molecule has 3 nitrogen and oxygen atoms in total. The quantitative estimate of drug-likeness (QED) is 0.253. The molecule has 1 saturated carbocycles. The van der Waals surface area contributed by atoms with Crippen LogP contribution < -0.4 is 0 Å². The summed E-state index contributed by atoms with van der Waals surface area (Å²) in [5.74, 6) is -0.181. The molecule has 0 bridgehead atoms. The molecule has 0 amide bonds. The first-order chi connectivity index (χ1) is 13.5. The van der Waals surface area contributed by atoms with Crippen molar-refractivity contribution in [3.8, 4) is 0 Å². The van der Waals surface area contributed by atoms with Gasteiger partial charge >= 0.3 is 5.97 Å². The Hall–Kier alpha value is -1.18. The predicted octanol–water partition coefficient (Wildman–Crippen LogP) is 6.31. The number of ether oxygens (including phenoxy) is 1. The van der Waals surface area contributed by atoms with E-state index in [0.717, 1.165) is 14.7 Å². The van der Waals surface area contributed by atoms with Crippen LogP contribution in [0.5, 0.6) is 0 Å². The maximum absolute atomic E-state index is 13.2. The van der Waals surface area contributed by atoms with E-state index in [2.05, 4.69) is 80.7 Å². The van der Waals surface area contributed by atoms with Crippen LogP contribution >= 0.6 is 22.6 Å². The zero-order valence-electron chi connectivity index (χ0n) is 18.2. The van der Waals surface area contributed by atoms with Crippen molar-refractivity contribution in [3.63, 3.8) is 0 Å². The Labute approximate surface area is 189 Å². The summed E-state index contributed by atoms with van der Waals surface area (Å²) in [4.78, 5) is 13.2. The standard InChI is InChI=1S/C24H31IO3Si/c1-22(2,3)29(5,6)28-24(19-13-8-7-9-14-19)17-23(24,21(26)27-4)16-18-12-10-11-15-20(18)25/h7-15H,16-17H2,1-6H3/t23-,24-/m0/s1. The van der Waals surface area contributed by atoms with Crippen LogP contribution in [0.25, 0.3) is 0 Å². The van der Waals surface area contributed by atoms with Crippen molar-refractivity contribution >= 4 is 36.9 Å². The Bertz CT molecular complexity index is 890. The first-order valence-corrected chi connectivity index (χ1v) is 14.1. The molecule has 0 heterocycles. The SMILES string of the molecule is COC(=O)[C@]1(Cc2ccccc2I)C[C@]1(O[Si](C)(C)C(C)(C)C)c1ccccc1. The second-order valence-electron chi connectivity index (χ2n) is 9.57. The average Bonchev–Trinajstić information content (AvgIpc) is 3.31. The van der Waals surface area contributed by atoms with Crippen molar-refractivity contribution in [1.29, 1.82) is 0 Å². The van der Waals surface area contributed by atoms with Crippen LogP contribution in [0.15, 0.2) is 54.6 Å². The molecule has 3 rings (SSSR count). The van der Waals surface area contributed by atoms with Gasteiger partial charge in [-0.3, -0.25) is 4.79 Å². The molecule has 0 radical (unpaired) electrons. The van der Waals surface area contributed by atoms with Gasteiger partial charge in [0.1, 0.15) is 5.41 Å². The van der Waals surface area contributed by atoms with E-state index in [9.17, 15) is 4.79 Å². The van der Waals surface area contributed by atoms with Gasteiger partial charge in [0.15, 0.2) is 8.32 Å². The number of carbonyl (C=O) groups excluding carboxylic acids is 1. The van der Waals surface area contributed by atoms with Crippen LogP contribution in [0, 0.1) is 8.99 Å². The zero-order valence-corrected chi connectivity index (χ0v) is 21.4. The molecule has 1 aliphatic carbocycles. The summed E-state index contributed by atoms with van der Waals surface area (Å²) >= 11 is 2.35. The fraction of sp³-hybridized carbons (Fsp3) is 0.458. The Morgan fingerprint density at radius 2 is 1.66 bits per heavy atom. The predicted molar refractivity (Wildman–Crippen MR) is 128 cm³/mol. The molecule has 0 N–H and O–H groups in total. The van der Waals surface area contributed by atoms with Gasteiger partial charge in [-0.1, -0.05) is 69.3 Å². The highest BCUT2D eigenvalue weighted by molar-refractivity contribution is 14.1. The van der Waals surface area contributed by atoms with Gasteiger partial charge in [0.05, 0.1) is 12.7 Å². The van der Waals surface area contributed by atoms with E-state index in [4.69, 9.17) is 9.16 Å². The lowest BCUT2D eigenvalue weighted by atomic mass is 9.89. The van der Waals surface area contributed by atoms with Gasteiger partial charge in [0, 0.05) is 9.99 Å². The minimum Gasteiger partial charge on any atom is -0.468 e. The summed E-state index contributed by atoms with van der Waals surface area (Å²) in [6.45, 7) is 11.2. The fourth-order valence-electron chi connectivity index (χ4n) is 3.92. The minimum atomic E-state index is -2.15. The lowest BCUT2D eigenvalue weighted by Crippen LogP contribution is -2.47. The van der Waals surface area contributed by atoms with Gasteiger partial charge < -0.3 is 9.16 Å². The van der Waals surface area contributed by atoms with E-state index in [1.807, 2.05) is 30.3 Å². The molecule has 0 aromatic heterocycles. The summed E-state index contributed by atoms with van der Waals surface area (Å²) in [5.41, 5.74) is 0.875. The van der Waals surface area contributed by atoms with Crippen molar-refractivity contribution in [2.75, 3.05) is 7.11 Å². The second kappa shape index (κ2) is 7.82. The third-order valence-corrected chi connectivity index (χ3v) is 12.2. The Kier molecular flexibility index (Phi) is 6.07. The Morgan fingerprint density at radius 1 is 1.07 bits per heavy atom. The summed E-state index contributed by atoms with van der Waals surface area (Å²) < 4.78 is 13.6. The van der Waals surface area contributed by atoms with Crippen molar-refractivity contribution in [1.82, 2.24) is 0 Å². The summed E-state index contributed by atoms with van der Waals surface area (Å²) in [7, 11) is -0.662. The lowest BCUT2D eigenvalue weighted by molar-refractivity contribution is -0.150. The van der Waals surface area contributed by atoms with Crippen LogP contribution in [-0.2, 0) is 26.0 Å². The minimum absolute atomic E-state index is 0.0421. The maximum Gasteiger partial charge on any atom is 0.315 e. The van der Waals surface area contributed by atoms with Crippen molar-refractivity contribution < 1.29 is 14.0 Å². The van der Waals surface area contributed by atoms with Crippen molar-refractivity contribution in [2.45, 2.75) is 57.3 Å². The molecular weight excluding hydrogens is 491 g/mol. The average molecular weight is 522 g/mol. The van der Waals surface area contributed by atoms with E-state index in [-0.39, 0.29) is 11.0 Å². The van der Waals surface area contributed by atoms with Crippen LogP contribution in [0.4, 0.5) is 0 Å². The second-order valence-corrected chi connectivity index (χ2v) is 15.5. The molecule has 2 aromatic carbocycles. The number of esters is 1. The zero-order chi connectivity index (χ0) is 21.5. The number of halogens is 1. The van der Waals surface area contributed by atoms with E-state index < -0.39 is 19.3 Å². The number of benzene rings is 2. The highest BCUT2D eigenvalue weighted by atomic mass is 127. The van der Waals surface area contributed by atoms with E-state index in [1.54, 1.807) is 0 Å². The van der Waals surface area contributed by atoms with Gasteiger partial charge in [0.25, 0.3) is 0 Å². The monoisotopic (exact) mass is 522 g/mol. The fourth-order valence-corrected chi connectivity index (χ4v) is 6.07. The molecule has 29 heavy (non-hydrogen) atoms. The topological polar surface area (TPSA) is 35.5 Å². The molecule has 2 aromatic rings. The Balaban J connectivity index is 2.13. The normalized spacial score (nSPS) is 24.2. The highest BCUT2D eigenvalue weighted by Gasteiger charge is 2.76. The van der Waals surface area contributed by atoms with Crippen molar-refractivity contribution in [2.24, 2.45) is 5.41 Å². The highest BCUT2D eigenvalue weighted by Crippen LogP contribution is 2.69. The van der Waals surface area contributed by atoms with Gasteiger partial charge in [-0.25, -0.2) is 0 Å². The molecule has 0 spiro atoms. The van der Waals surface area contributed by atoms with Crippen LogP contribution in [0.3, 0.4) is 0 Å². The van der Waals surface area contributed by atoms with Crippen molar-refractivity contribution in [3.05, 3.63) is 69.3 Å². The summed E-state index contributed by atoms with van der Waals surface area (Å²) in [5, 5.41) is 0.0421. The van der Waals surface area contributed by atoms with Crippen LogP contribution in [-0.4, -0.2) is 21.4 Å². The molecule has 0 saturated heterocycles. The molecule has 156 valence electrons. The molecular formula is C24H31IO3Si. The molecule has 2 atom stereocenters. The maximum atomic E-state index is 13.2. The summed E-state index contributed by atoms with van der Waals surface area (Å²) in [6.07, 6.45) is 1.26. The van der Waals surface area contributed by atoms with Gasteiger partial charge in [-0.05, 0) is 64.3 Å². The number of methoxy groups -OCH3 is 1. The van der Waals surface area contributed by atoms with Crippen LogP contribution in [0.1, 0.15) is 38.3 Å². The number of carbonyl (C=O) groups is 1. The van der Waals surface area contributed by atoms with E-state index in [1.165, 1.54) is 7.11 Å².